The first kappa shape index (κ1) is 78.0. The number of likely N-dealkylation sites (N-methyl/N-ethyl adjacent to an activating group) is 1. The van der Waals surface area contributed by atoms with Crippen LogP contribution < -0.4 is 5.11 Å². The molecule has 0 amide bonds. The molecule has 9 nitrogen and oxygen atoms in total. The van der Waals surface area contributed by atoms with Gasteiger partial charge in [-0.2, -0.15) is 0 Å². The van der Waals surface area contributed by atoms with Gasteiger partial charge in [0, 0.05) is 12.8 Å². The van der Waals surface area contributed by atoms with Crippen LogP contribution in [0.2, 0.25) is 0 Å². The fourth-order valence-corrected chi connectivity index (χ4v) is 10.00. The number of carbonyl (C=O) groups excluding carboxylic acids is 3. The van der Waals surface area contributed by atoms with Gasteiger partial charge in [-0.25, -0.2) is 0 Å². The third kappa shape index (κ3) is 64.4. The van der Waals surface area contributed by atoms with Crippen molar-refractivity contribution in [3.63, 3.8) is 0 Å². The quantitative estimate of drug-likeness (QED) is 0.0195. The van der Waals surface area contributed by atoms with E-state index in [1.807, 2.05) is 21.1 Å². The number of rotatable bonds is 64. The number of carboxylic acids is 1. The lowest BCUT2D eigenvalue weighted by molar-refractivity contribution is -0.870. The van der Waals surface area contributed by atoms with Crippen molar-refractivity contribution in [3.8, 4) is 0 Å². The number of hydrogen-bond donors (Lipinski definition) is 0. The number of quaternary nitrogens is 1. The van der Waals surface area contributed by atoms with E-state index in [1.54, 1.807) is 0 Å². The Morgan fingerprint density at radius 2 is 0.704 bits per heavy atom. The number of carboxylic acid groups (broad SMARTS) is 1. The van der Waals surface area contributed by atoms with Crippen LogP contribution >= 0.6 is 0 Å². The molecule has 2 atom stereocenters. The Balaban J connectivity index is 3.91. The molecule has 0 saturated heterocycles. The first-order chi connectivity index (χ1) is 39.6. The highest BCUT2D eigenvalue weighted by Gasteiger charge is 2.22. The maximum atomic E-state index is 12.9. The summed E-state index contributed by atoms with van der Waals surface area (Å²) in [5, 5.41) is 11.8. The second-order valence-electron chi connectivity index (χ2n) is 24.4. The van der Waals surface area contributed by atoms with Gasteiger partial charge >= 0.3 is 11.9 Å². The van der Waals surface area contributed by atoms with Crippen LogP contribution in [0, 0.1) is 0 Å². The number of aliphatic carboxylic acids is 1. The van der Waals surface area contributed by atoms with Crippen molar-refractivity contribution in [2.75, 3.05) is 47.5 Å². The average molecular weight is 1140 g/mol. The number of ether oxygens (including phenoxy) is 4. The molecule has 81 heavy (non-hydrogen) atoms. The molecule has 0 aliphatic rings. The maximum absolute atomic E-state index is 12.9. The fraction of sp³-hybridized carbons (Fsp3) is 0.819. The zero-order valence-electron chi connectivity index (χ0n) is 53.9. The van der Waals surface area contributed by atoms with Crippen LogP contribution in [0.4, 0.5) is 0 Å². The van der Waals surface area contributed by atoms with E-state index in [-0.39, 0.29) is 38.6 Å². The molecule has 0 aromatic heterocycles. The number of carbonyl (C=O) groups is 3. The SMILES string of the molecule is CC/C=C\C/C=C\C/C=C\C/C=C\CCCCCCCCCCCCCCCCCCCCCCCCCCCCCCC(=O)OC(COC(=O)CCCCCCC/C=C\CCCCCCCC)COC(OCC[N+](C)(C)C)C(=O)[O-]. The van der Waals surface area contributed by atoms with Crippen molar-refractivity contribution in [2.45, 2.75) is 334 Å². The molecule has 0 radical (unpaired) electrons. The fourth-order valence-electron chi connectivity index (χ4n) is 10.00. The van der Waals surface area contributed by atoms with Gasteiger partial charge in [0.1, 0.15) is 13.2 Å². The Morgan fingerprint density at radius 1 is 0.383 bits per heavy atom. The number of allylic oxidation sites excluding steroid dienone is 10. The van der Waals surface area contributed by atoms with Crippen LogP contribution in [0.3, 0.4) is 0 Å². The van der Waals surface area contributed by atoms with Gasteiger partial charge in [-0.05, 0) is 77.0 Å². The van der Waals surface area contributed by atoms with Crippen molar-refractivity contribution < 1.29 is 42.9 Å². The molecule has 0 aromatic carbocycles. The summed E-state index contributed by atoms with van der Waals surface area (Å²) in [7, 11) is 5.93. The van der Waals surface area contributed by atoms with Gasteiger partial charge in [0.05, 0.1) is 40.3 Å². The van der Waals surface area contributed by atoms with Crippen LogP contribution in [0.15, 0.2) is 60.8 Å². The summed E-state index contributed by atoms with van der Waals surface area (Å²) in [6.07, 6.45) is 79.0. The standard InChI is InChI=1S/C72H131NO8/c1-6-8-10-12-14-16-18-20-22-23-24-25-26-27-28-29-30-31-32-33-34-35-36-37-38-39-40-41-42-43-44-45-46-47-49-51-53-55-57-59-61-63-70(75)81-68(67-80-72(71(76)77)78-65-64-73(3,4)5)66-79-69(74)62-60-58-56-54-52-50-48-21-19-17-15-13-11-9-7-2/h8,10,14,16,20-22,24-25,48,68,72H,6-7,9,11-13,15,17-19,23,26-47,49-67H2,1-5H3/b10-8-,16-14-,22-20-,25-24-,48-21-. The molecule has 472 valence electrons. The number of nitrogens with zero attached hydrogens (tertiary/aromatic N) is 1. The summed E-state index contributed by atoms with van der Waals surface area (Å²) >= 11 is 0. The first-order valence-electron chi connectivity index (χ1n) is 34.4. The molecule has 0 spiro atoms. The summed E-state index contributed by atoms with van der Waals surface area (Å²) < 4.78 is 22.7. The van der Waals surface area contributed by atoms with E-state index < -0.39 is 24.3 Å². The van der Waals surface area contributed by atoms with E-state index in [0.29, 0.717) is 17.4 Å². The van der Waals surface area contributed by atoms with Crippen LogP contribution in [0.1, 0.15) is 322 Å². The lowest BCUT2D eigenvalue weighted by Gasteiger charge is -2.26. The zero-order chi connectivity index (χ0) is 59.1. The van der Waals surface area contributed by atoms with Crippen molar-refractivity contribution in [3.05, 3.63) is 60.8 Å². The highest BCUT2D eigenvalue weighted by atomic mass is 16.7. The molecule has 0 rings (SSSR count). The molecule has 9 heteroatoms. The number of esters is 2. The monoisotopic (exact) mass is 1140 g/mol. The maximum Gasteiger partial charge on any atom is 0.306 e. The first-order valence-corrected chi connectivity index (χ1v) is 34.4. The van der Waals surface area contributed by atoms with Crippen molar-refractivity contribution in [1.29, 1.82) is 0 Å². The molecule has 0 aromatic rings. The Morgan fingerprint density at radius 3 is 1.06 bits per heavy atom. The minimum atomic E-state index is -1.62. The van der Waals surface area contributed by atoms with Gasteiger partial charge in [-0.3, -0.25) is 9.59 Å². The van der Waals surface area contributed by atoms with Gasteiger partial charge in [0.15, 0.2) is 12.4 Å². The topological polar surface area (TPSA) is 111 Å². The van der Waals surface area contributed by atoms with E-state index in [9.17, 15) is 19.5 Å². The van der Waals surface area contributed by atoms with E-state index in [2.05, 4.69) is 74.6 Å². The molecule has 0 saturated carbocycles. The van der Waals surface area contributed by atoms with Crippen LogP contribution in [-0.2, 0) is 33.3 Å². The van der Waals surface area contributed by atoms with E-state index in [0.717, 1.165) is 77.0 Å². The molecular weight excluding hydrogens is 1010 g/mol. The Kier molecular flexibility index (Phi) is 60.7. The summed E-state index contributed by atoms with van der Waals surface area (Å²) in [6.45, 7) is 4.66. The lowest BCUT2D eigenvalue weighted by Crippen LogP contribution is -2.44. The highest BCUT2D eigenvalue weighted by molar-refractivity contribution is 5.70. The predicted octanol–water partition coefficient (Wildman–Crippen LogP) is 19.8. The van der Waals surface area contributed by atoms with Gasteiger partial charge < -0.3 is 33.3 Å². The zero-order valence-corrected chi connectivity index (χ0v) is 53.9. The van der Waals surface area contributed by atoms with E-state index in [1.165, 1.54) is 212 Å². The normalized spacial score (nSPS) is 13.0. The third-order valence-corrected chi connectivity index (χ3v) is 15.2. The van der Waals surface area contributed by atoms with Crippen LogP contribution in [0.25, 0.3) is 0 Å². The summed E-state index contributed by atoms with van der Waals surface area (Å²) in [5.41, 5.74) is 0. The van der Waals surface area contributed by atoms with Gasteiger partial charge in [-0.1, -0.05) is 293 Å². The van der Waals surface area contributed by atoms with Crippen molar-refractivity contribution >= 4 is 17.9 Å². The second-order valence-corrected chi connectivity index (χ2v) is 24.4. The van der Waals surface area contributed by atoms with E-state index in [4.69, 9.17) is 18.9 Å². The minimum absolute atomic E-state index is 0.148. The second kappa shape index (κ2) is 63.0. The van der Waals surface area contributed by atoms with Crippen molar-refractivity contribution in [1.82, 2.24) is 0 Å². The number of hydrogen-bond acceptors (Lipinski definition) is 8. The molecule has 2 unspecified atom stereocenters. The largest absolute Gasteiger partial charge is 0.545 e. The van der Waals surface area contributed by atoms with Crippen LogP contribution in [-0.4, -0.2) is 82.3 Å². The summed E-state index contributed by atoms with van der Waals surface area (Å²) in [4.78, 5) is 37.3. The van der Waals surface area contributed by atoms with Crippen molar-refractivity contribution in [2.24, 2.45) is 0 Å². The Hall–Kier alpha value is -3.01. The molecule has 0 aliphatic carbocycles. The van der Waals surface area contributed by atoms with Gasteiger partial charge in [0.2, 0.25) is 0 Å². The molecular formula is C72H131NO8. The van der Waals surface area contributed by atoms with Gasteiger partial charge in [-0.15, -0.1) is 0 Å². The summed E-state index contributed by atoms with van der Waals surface area (Å²) in [5.74, 6) is -2.27. The Labute approximate surface area is 501 Å². The van der Waals surface area contributed by atoms with E-state index >= 15 is 0 Å². The predicted molar refractivity (Wildman–Crippen MR) is 343 cm³/mol. The lowest BCUT2D eigenvalue weighted by atomic mass is 10.0. The molecule has 0 bridgehead atoms. The van der Waals surface area contributed by atoms with Gasteiger partial charge in [0.25, 0.3) is 0 Å². The average Bonchev–Trinajstić information content (AvgIpc) is 3.44. The Bertz CT molecular complexity index is 1510. The third-order valence-electron chi connectivity index (χ3n) is 15.2. The number of unbranched alkanes of at least 4 members (excludes halogenated alkanes) is 39. The van der Waals surface area contributed by atoms with Crippen LogP contribution in [0.5, 0.6) is 0 Å². The summed E-state index contributed by atoms with van der Waals surface area (Å²) in [6, 6.07) is 0. The highest BCUT2D eigenvalue weighted by Crippen LogP contribution is 2.18. The minimum Gasteiger partial charge on any atom is -0.545 e. The smallest absolute Gasteiger partial charge is 0.306 e. The molecule has 0 heterocycles. The molecule has 0 fully saturated rings. The molecule has 0 aliphatic heterocycles. The molecule has 0 N–H and O–H groups in total.